The number of alkyl carbamates (subject to hydrolysis) is 1. The summed E-state index contributed by atoms with van der Waals surface area (Å²) in [7, 11) is 1.10. The van der Waals surface area contributed by atoms with Gasteiger partial charge >= 0.3 is 6.09 Å². The van der Waals surface area contributed by atoms with E-state index in [0.29, 0.717) is 13.1 Å². The molecule has 1 aromatic carbocycles. The molecular formula is C22H25FN6O3. The number of carbonyl (C=O) groups is 2. The number of nitriles is 1. The van der Waals surface area contributed by atoms with E-state index in [1.807, 2.05) is 40.6 Å². The molecule has 1 aromatic rings. The number of amides is 2. The minimum Gasteiger partial charge on any atom is -0.453 e. The van der Waals surface area contributed by atoms with Gasteiger partial charge in [0.1, 0.15) is 12.0 Å². The number of terminal acetylenes is 1. The number of nitrogens with one attached hydrogen (secondary N) is 3. The number of primary amides is 1. The molecule has 0 bridgehead atoms. The third-order valence-electron chi connectivity index (χ3n) is 5.26. The number of nitrogens with zero attached hydrogens (tertiary/aromatic N) is 2. The van der Waals surface area contributed by atoms with Crippen molar-refractivity contribution in [2.24, 2.45) is 5.73 Å². The molecular weight excluding hydrogens is 415 g/mol. The van der Waals surface area contributed by atoms with Crippen LogP contribution in [-0.4, -0.2) is 54.6 Å². The van der Waals surface area contributed by atoms with E-state index in [4.69, 9.17) is 17.6 Å². The summed E-state index contributed by atoms with van der Waals surface area (Å²) < 4.78 is 19.7. The van der Waals surface area contributed by atoms with Crippen molar-refractivity contribution in [3.8, 4) is 18.4 Å². The van der Waals surface area contributed by atoms with Gasteiger partial charge in [0.05, 0.1) is 30.7 Å². The van der Waals surface area contributed by atoms with Crippen molar-refractivity contribution in [1.82, 2.24) is 15.5 Å². The smallest absolute Gasteiger partial charge is 0.412 e. The van der Waals surface area contributed by atoms with E-state index in [1.165, 1.54) is 0 Å². The summed E-state index contributed by atoms with van der Waals surface area (Å²) in [5.74, 6) is 0.936. The highest BCUT2D eigenvalue weighted by molar-refractivity contribution is 6.21. The Morgan fingerprint density at radius 2 is 2.16 bits per heavy atom. The average molecular weight is 440 g/mol. The van der Waals surface area contributed by atoms with Crippen LogP contribution in [0.5, 0.6) is 0 Å². The summed E-state index contributed by atoms with van der Waals surface area (Å²) >= 11 is 0. The third-order valence-corrected chi connectivity index (χ3v) is 5.26. The van der Waals surface area contributed by atoms with E-state index in [-0.39, 0.29) is 25.0 Å². The van der Waals surface area contributed by atoms with Gasteiger partial charge in [0.2, 0.25) is 0 Å². The quantitative estimate of drug-likeness (QED) is 0.217. The van der Waals surface area contributed by atoms with Crippen molar-refractivity contribution in [2.45, 2.75) is 31.1 Å². The molecule has 1 heterocycles. The monoisotopic (exact) mass is 440 g/mol. The number of likely N-dealkylation sites (tertiary alicyclic amines) is 1. The Balaban J connectivity index is 2.13. The highest BCUT2D eigenvalue weighted by Gasteiger charge is 2.43. The lowest BCUT2D eigenvalue weighted by Crippen LogP contribution is -2.59. The van der Waals surface area contributed by atoms with E-state index < -0.39 is 29.5 Å². The summed E-state index contributed by atoms with van der Waals surface area (Å²) in [5, 5.41) is 21.9. The normalized spacial score (nSPS) is 21.0. The van der Waals surface area contributed by atoms with Crippen LogP contribution in [0.3, 0.4) is 0 Å². The molecule has 0 saturated carbocycles. The first-order valence-electron chi connectivity index (χ1n) is 9.75. The molecule has 0 spiro atoms. The first kappa shape index (κ1) is 24.4. The fraction of sp³-hybridized carbons (Fsp3) is 0.364. The molecule has 10 heteroatoms. The van der Waals surface area contributed by atoms with Crippen LogP contribution in [0.15, 0.2) is 36.0 Å². The molecule has 0 aliphatic carbocycles. The first-order valence-corrected chi connectivity index (χ1v) is 9.75. The summed E-state index contributed by atoms with van der Waals surface area (Å²) in [6.07, 6.45) is 4.12. The largest absolute Gasteiger partial charge is 0.453 e. The lowest BCUT2D eigenvalue weighted by Gasteiger charge is -2.43. The van der Waals surface area contributed by atoms with Gasteiger partial charge in [0, 0.05) is 31.4 Å². The lowest BCUT2D eigenvalue weighted by molar-refractivity contribution is -0.114. The predicted octanol–water partition coefficient (Wildman–Crippen LogP) is 1.16. The van der Waals surface area contributed by atoms with Gasteiger partial charge in [0.15, 0.2) is 0 Å². The third kappa shape index (κ3) is 6.06. The number of hydrogen-bond donors (Lipinski definition) is 4. The zero-order valence-electron chi connectivity index (χ0n) is 17.7. The van der Waals surface area contributed by atoms with Gasteiger partial charge in [-0.3, -0.25) is 20.4 Å². The summed E-state index contributed by atoms with van der Waals surface area (Å²) in [6, 6.07) is 9.40. The van der Waals surface area contributed by atoms with Gasteiger partial charge < -0.3 is 15.8 Å². The fourth-order valence-electron chi connectivity index (χ4n) is 3.37. The minimum atomic E-state index is -1.45. The van der Waals surface area contributed by atoms with E-state index in [1.54, 1.807) is 0 Å². The SMILES string of the molecule is C#Cc1ccc(CN2CCC(CC#N)(N/C=C(\C(=N)NC(=O)OC)C(N)=O)C(F)C2)cc1. The van der Waals surface area contributed by atoms with Crippen LogP contribution in [-0.2, 0) is 16.1 Å². The van der Waals surface area contributed by atoms with Crippen LogP contribution in [0.1, 0.15) is 24.0 Å². The number of amidine groups is 1. The molecule has 1 saturated heterocycles. The molecule has 1 aliphatic heterocycles. The molecule has 9 nitrogen and oxygen atoms in total. The topological polar surface area (TPSA) is 144 Å². The van der Waals surface area contributed by atoms with Crippen molar-refractivity contribution < 1.29 is 18.7 Å². The van der Waals surface area contributed by atoms with Crippen molar-refractivity contribution >= 4 is 17.8 Å². The van der Waals surface area contributed by atoms with Gasteiger partial charge in [-0.15, -0.1) is 6.42 Å². The van der Waals surface area contributed by atoms with Gasteiger partial charge in [-0.2, -0.15) is 5.26 Å². The van der Waals surface area contributed by atoms with Crippen LogP contribution >= 0.6 is 0 Å². The number of ether oxygens (including phenoxy) is 1. The Kier molecular flexibility index (Phi) is 8.33. The highest BCUT2D eigenvalue weighted by atomic mass is 19.1. The second kappa shape index (κ2) is 10.9. The van der Waals surface area contributed by atoms with Crippen LogP contribution in [0.2, 0.25) is 0 Å². The maximum atomic E-state index is 15.3. The maximum absolute atomic E-state index is 15.3. The second-order valence-electron chi connectivity index (χ2n) is 7.34. The van der Waals surface area contributed by atoms with Gasteiger partial charge in [-0.1, -0.05) is 18.1 Å². The van der Waals surface area contributed by atoms with Gasteiger partial charge in [-0.25, -0.2) is 9.18 Å². The van der Waals surface area contributed by atoms with Crippen LogP contribution < -0.4 is 16.4 Å². The van der Waals surface area contributed by atoms with Crippen LogP contribution in [0, 0.1) is 29.1 Å². The van der Waals surface area contributed by atoms with Crippen molar-refractivity contribution in [3.63, 3.8) is 0 Å². The molecule has 0 radical (unpaired) electrons. The molecule has 0 aromatic heterocycles. The molecule has 2 atom stereocenters. The summed E-state index contributed by atoms with van der Waals surface area (Å²) in [5.41, 5.74) is 5.38. The van der Waals surface area contributed by atoms with Crippen molar-refractivity contribution in [3.05, 3.63) is 47.2 Å². The average Bonchev–Trinajstić information content (AvgIpc) is 2.76. The Hall–Kier alpha value is -3.89. The molecule has 1 fully saturated rings. The zero-order valence-corrected chi connectivity index (χ0v) is 17.7. The maximum Gasteiger partial charge on any atom is 0.412 e. The molecule has 2 unspecified atom stereocenters. The number of piperidine rings is 1. The number of hydrogen-bond acceptors (Lipinski definition) is 7. The van der Waals surface area contributed by atoms with Crippen LogP contribution in [0.4, 0.5) is 9.18 Å². The molecule has 1 aliphatic rings. The molecule has 32 heavy (non-hydrogen) atoms. The van der Waals surface area contributed by atoms with E-state index in [0.717, 1.165) is 24.4 Å². The number of benzene rings is 1. The molecule has 5 N–H and O–H groups in total. The highest BCUT2D eigenvalue weighted by Crippen LogP contribution is 2.29. The van der Waals surface area contributed by atoms with Gasteiger partial charge in [0.25, 0.3) is 5.91 Å². The van der Waals surface area contributed by atoms with Gasteiger partial charge in [-0.05, 0) is 24.1 Å². The molecule has 168 valence electrons. The number of carbonyl (C=O) groups excluding carboxylic acids is 2. The van der Waals surface area contributed by atoms with Crippen molar-refractivity contribution in [1.29, 1.82) is 10.7 Å². The Bertz CT molecular complexity index is 979. The Morgan fingerprint density at radius 1 is 1.47 bits per heavy atom. The summed E-state index contributed by atoms with van der Waals surface area (Å²) in [4.78, 5) is 25.0. The summed E-state index contributed by atoms with van der Waals surface area (Å²) in [6.45, 7) is 1.07. The lowest BCUT2D eigenvalue weighted by atomic mass is 9.83. The number of rotatable bonds is 7. The van der Waals surface area contributed by atoms with E-state index in [2.05, 4.69) is 16.0 Å². The van der Waals surface area contributed by atoms with E-state index >= 15 is 4.39 Å². The minimum absolute atomic E-state index is 0.0587. The first-order chi connectivity index (χ1) is 15.2. The number of methoxy groups -OCH3 is 1. The van der Waals surface area contributed by atoms with E-state index in [9.17, 15) is 14.9 Å². The molecule has 2 amide bonds. The Morgan fingerprint density at radius 3 is 2.69 bits per heavy atom. The number of halogens is 1. The fourth-order valence-corrected chi connectivity index (χ4v) is 3.37. The second-order valence-corrected chi connectivity index (χ2v) is 7.34. The number of nitrogens with two attached hydrogens (primary N) is 1. The molecule has 2 rings (SSSR count). The zero-order chi connectivity index (χ0) is 23.7. The standard InChI is InChI=1S/C22H25FN6O3/c1-3-15-4-6-16(7-5-15)13-29-11-9-22(8-10-24,18(23)14-29)27-12-17(20(26)30)19(25)28-21(31)32-2/h1,4-7,12,18,27H,8-9,11,13-14H2,2H3,(H2,26,30)(H2,25,28,31)/b17-12+. The number of alkyl halides is 1. The van der Waals surface area contributed by atoms with Crippen molar-refractivity contribution in [2.75, 3.05) is 20.2 Å². The van der Waals surface area contributed by atoms with Crippen LogP contribution in [0.25, 0.3) is 0 Å². The predicted molar refractivity (Wildman–Crippen MR) is 116 cm³/mol. The Labute approximate surface area is 185 Å².